The maximum Gasteiger partial charge on any atom is 0.119 e. The number of benzene rings is 1. The number of hydrogen-bond donors (Lipinski definition) is 0. The summed E-state index contributed by atoms with van der Waals surface area (Å²) in [6.45, 7) is 1.91. The van der Waals surface area contributed by atoms with Crippen molar-refractivity contribution in [2.75, 3.05) is 7.11 Å². The van der Waals surface area contributed by atoms with Gasteiger partial charge in [-0.15, -0.1) is 0 Å². The minimum atomic E-state index is -0.619. The van der Waals surface area contributed by atoms with E-state index in [-0.39, 0.29) is 0 Å². The van der Waals surface area contributed by atoms with Gasteiger partial charge in [-0.3, -0.25) is 0 Å². The van der Waals surface area contributed by atoms with E-state index in [4.69, 9.17) is 9.15 Å². The monoisotopic (exact) mass is 241 g/mol. The second-order valence-corrected chi connectivity index (χ2v) is 4.43. The topological polar surface area (TPSA) is 46.2 Å². The quantitative estimate of drug-likeness (QED) is 0.825. The van der Waals surface area contributed by atoms with Crippen LogP contribution in [0.2, 0.25) is 0 Å². The fraction of sp³-hybridized carbons (Fsp3) is 0.267. The molecule has 2 aromatic rings. The molecule has 1 unspecified atom stereocenters. The Morgan fingerprint density at radius 3 is 2.78 bits per heavy atom. The highest BCUT2D eigenvalue weighted by molar-refractivity contribution is 5.38. The first kappa shape index (κ1) is 12.3. The van der Waals surface area contributed by atoms with Crippen molar-refractivity contribution in [3.05, 3.63) is 54.0 Å². The van der Waals surface area contributed by atoms with Crippen molar-refractivity contribution in [2.24, 2.45) is 0 Å². The summed E-state index contributed by atoms with van der Waals surface area (Å²) in [6, 6.07) is 13.7. The average Bonchev–Trinajstić information content (AvgIpc) is 2.91. The maximum absolute atomic E-state index is 9.47. The summed E-state index contributed by atoms with van der Waals surface area (Å²) >= 11 is 0. The Morgan fingerprint density at radius 1 is 1.33 bits per heavy atom. The molecule has 2 rings (SSSR count). The molecule has 18 heavy (non-hydrogen) atoms. The molecule has 0 saturated heterocycles. The van der Waals surface area contributed by atoms with Crippen LogP contribution in [0.3, 0.4) is 0 Å². The molecule has 3 heteroatoms. The summed E-state index contributed by atoms with van der Waals surface area (Å²) in [5.41, 5.74) is 0.313. The average molecular weight is 241 g/mol. The summed E-state index contributed by atoms with van der Waals surface area (Å²) in [6.07, 6.45) is 2.17. The number of nitriles is 1. The lowest BCUT2D eigenvalue weighted by Gasteiger charge is -2.21. The fourth-order valence-electron chi connectivity index (χ4n) is 1.93. The molecule has 0 saturated carbocycles. The Balaban J connectivity index is 2.34. The first-order chi connectivity index (χ1) is 8.68. The normalized spacial score (nSPS) is 13.6. The largest absolute Gasteiger partial charge is 0.497 e. The van der Waals surface area contributed by atoms with E-state index < -0.39 is 5.41 Å². The molecule has 0 aliphatic carbocycles. The van der Waals surface area contributed by atoms with E-state index in [1.807, 2.05) is 43.3 Å². The van der Waals surface area contributed by atoms with Crippen LogP contribution in [0.25, 0.3) is 0 Å². The van der Waals surface area contributed by atoms with Gasteiger partial charge in [0.1, 0.15) is 11.5 Å². The summed E-state index contributed by atoms with van der Waals surface area (Å²) in [4.78, 5) is 0. The zero-order chi connectivity index (χ0) is 13.0. The lowest BCUT2D eigenvalue weighted by Crippen LogP contribution is -2.22. The van der Waals surface area contributed by atoms with Gasteiger partial charge in [-0.25, -0.2) is 0 Å². The van der Waals surface area contributed by atoms with Crippen LogP contribution in [0, 0.1) is 11.3 Å². The molecule has 1 atom stereocenters. The molecule has 1 aromatic carbocycles. The molecule has 3 nitrogen and oxygen atoms in total. The van der Waals surface area contributed by atoms with E-state index in [1.54, 1.807) is 13.4 Å². The van der Waals surface area contributed by atoms with Crippen molar-refractivity contribution in [1.29, 1.82) is 5.26 Å². The molecule has 0 radical (unpaired) electrons. The molecule has 1 aromatic heterocycles. The van der Waals surface area contributed by atoms with Crippen LogP contribution < -0.4 is 4.74 Å². The first-order valence-electron chi connectivity index (χ1n) is 5.76. The number of nitrogens with zero attached hydrogens (tertiary/aromatic N) is 1. The van der Waals surface area contributed by atoms with Crippen LogP contribution in [0.4, 0.5) is 0 Å². The summed E-state index contributed by atoms with van der Waals surface area (Å²) in [5.74, 6) is 1.57. The van der Waals surface area contributed by atoms with Gasteiger partial charge in [0.25, 0.3) is 0 Å². The third-order valence-corrected chi connectivity index (χ3v) is 3.06. The van der Waals surface area contributed by atoms with Crippen molar-refractivity contribution in [1.82, 2.24) is 0 Å². The Morgan fingerprint density at radius 2 is 2.17 bits per heavy atom. The molecule has 0 fully saturated rings. The smallest absolute Gasteiger partial charge is 0.119 e. The van der Waals surface area contributed by atoms with Crippen LogP contribution in [0.15, 0.2) is 47.1 Å². The molecule has 92 valence electrons. The number of furan rings is 1. The van der Waals surface area contributed by atoms with E-state index >= 15 is 0 Å². The lowest BCUT2D eigenvalue weighted by atomic mass is 9.80. The van der Waals surface area contributed by atoms with E-state index in [0.29, 0.717) is 6.42 Å². The predicted octanol–water partition coefficient (Wildman–Crippen LogP) is 3.31. The van der Waals surface area contributed by atoms with Crippen LogP contribution in [-0.4, -0.2) is 7.11 Å². The van der Waals surface area contributed by atoms with Gasteiger partial charge in [0, 0.05) is 6.42 Å². The molecule has 0 bridgehead atoms. The van der Waals surface area contributed by atoms with Crippen LogP contribution in [0.5, 0.6) is 5.75 Å². The standard InChI is InChI=1S/C15H15NO2/c1-15(11-16,10-14-7-4-8-18-14)12-5-3-6-13(9-12)17-2/h3-9H,10H2,1-2H3. The molecular formula is C15H15NO2. The van der Waals surface area contributed by atoms with Crippen molar-refractivity contribution < 1.29 is 9.15 Å². The zero-order valence-corrected chi connectivity index (χ0v) is 10.5. The minimum absolute atomic E-state index is 0.545. The minimum Gasteiger partial charge on any atom is -0.497 e. The highest BCUT2D eigenvalue weighted by atomic mass is 16.5. The Hall–Kier alpha value is -2.21. The SMILES string of the molecule is COc1cccc(C(C)(C#N)Cc2ccco2)c1. The van der Waals surface area contributed by atoms with E-state index in [2.05, 4.69) is 6.07 Å². The summed E-state index contributed by atoms with van der Waals surface area (Å²) in [7, 11) is 1.62. The molecule has 0 amide bonds. The van der Waals surface area contributed by atoms with Crippen LogP contribution >= 0.6 is 0 Å². The summed E-state index contributed by atoms with van der Waals surface area (Å²) in [5, 5.41) is 9.47. The van der Waals surface area contributed by atoms with Gasteiger partial charge in [-0.05, 0) is 36.8 Å². The second-order valence-electron chi connectivity index (χ2n) is 4.43. The number of ether oxygens (including phenoxy) is 1. The van der Waals surface area contributed by atoms with Gasteiger partial charge in [-0.1, -0.05) is 12.1 Å². The summed E-state index contributed by atoms with van der Waals surface area (Å²) < 4.78 is 10.5. The van der Waals surface area contributed by atoms with Crippen molar-refractivity contribution >= 4 is 0 Å². The zero-order valence-electron chi connectivity index (χ0n) is 10.5. The van der Waals surface area contributed by atoms with E-state index in [9.17, 15) is 5.26 Å². The Labute approximate surface area is 107 Å². The Bertz CT molecular complexity index is 554. The van der Waals surface area contributed by atoms with E-state index in [1.165, 1.54) is 0 Å². The second kappa shape index (κ2) is 4.97. The molecular weight excluding hydrogens is 226 g/mol. The van der Waals surface area contributed by atoms with Crippen molar-refractivity contribution in [2.45, 2.75) is 18.8 Å². The number of methoxy groups -OCH3 is 1. The lowest BCUT2D eigenvalue weighted by molar-refractivity contribution is 0.411. The van der Waals surface area contributed by atoms with Crippen molar-refractivity contribution in [3.8, 4) is 11.8 Å². The molecule has 0 aliphatic heterocycles. The van der Waals surface area contributed by atoms with Crippen molar-refractivity contribution in [3.63, 3.8) is 0 Å². The fourth-order valence-corrected chi connectivity index (χ4v) is 1.93. The first-order valence-corrected chi connectivity index (χ1v) is 5.76. The van der Waals surface area contributed by atoms with Gasteiger partial charge in [0.2, 0.25) is 0 Å². The van der Waals surface area contributed by atoms with Crippen LogP contribution in [-0.2, 0) is 11.8 Å². The molecule has 0 N–H and O–H groups in total. The Kier molecular flexibility index (Phi) is 3.38. The van der Waals surface area contributed by atoms with Gasteiger partial charge in [0.05, 0.1) is 24.9 Å². The van der Waals surface area contributed by atoms with Crippen LogP contribution in [0.1, 0.15) is 18.2 Å². The highest BCUT2D eigenvalue weighted by Crippen LogP contribution is 2.30. The van der Waals surface area contributed by atoms with Gasteiger partial charge in [0.15, 0.2) is 0 Å². The third kappa shape index (κ3) is 2.38. The molecule has 0 spiro atoms. The molecule has 0 aliphatic rings. The predicted molar refractivity (Wildman–Crippen MR) is 68.4 cm³/mol. The third-order valence-electron chi connectivity index (χ3n) is 3.06. The number of hydrogen-bond acceptors (Lipinski definition) is 3. The highest BCUT2D eigenvalue weighted by Gasteiger charge is 2.28. The number of rotatable bonds is 4. The van der Waals surface area contributed by atoms with Gasteiger partial charge in [-0.2, -0.15) is 5.26 Å². The van der Waals surface area contributed by atoms with Gasteiger partial charge < -0.3 is 9.15 Å². The molecule has 1 heterocycles. The maximum atomic E-state index is 9.47. The van der Waals surface area contributed by atoms with E-state index in [0.717, 1.165) is 17.1 Å². The van der Waals surface area contributed by atoms with Gasteiger partial charge >= 0.3 is 0 Å².